The normalized spacial score (nSPS) is 20.1. The van der Waals surface area contributed by atoms with Crippen LogP contribution in [0.4, 0.5) is 0 Å². The third-order valence-electron chi connectivity index (χ3n) is 6.36. The summed E-state index contributed by atoms with van der Waals surface area (Å²) >= 11 is 0. The van der Waals surface area contributed by atoms with Crippen LogP contribution in [0.5, 0.6) is 0 Å². The Kier molecular flexibility index (Phi) is 5.19. The van der Waals surface area contributed by atoms with Crippen LogP contribution >= 0.6 is 0 Å². The van der Waals surface area contributed by atoms with Crippen LogP contribution < -0.4 is 5.32 Å². The number of nitrogens with one attached hydrogen (secondary N) is 2. The molecule has 2 aromatic rings. The number of fused-ring (bicyclic) bond motifs is 1. The van der Waals surface area contributed by atoms with Crippen molar-refractivity contribution in [1.82, 2.24) is 15.2 Å². The molecule has 144 valence electrons. The highest BCUT2D eigenvalue weighted by atomic mass is 16.2. The smallest absolute Gasteiger partial charge is 0.245 e. The molecule has 5 nitrogen and oxygen atoms in total. The summed E-state index contributed by atoms with van der Waals surface area (Å²) in [6.07, 6.45) is 8.50. The van der Waals surface area contributed by atoms with Crippen molar-refractivity contribution in [3.05, 3.63) is 36.0 Å². The van der Waals surface area contributed by atoms with Gasteiger partial charge in [0.15, 0.2) is 0 Å². The van der Waals surface area contributed by atoms with Crippen molar-refractivity contribution in [2.24, 2.45) is 5.92 Å². The predicted octanol–water partition coefficient (Wildman–Crippen LogP) is 3.57. The number of amides is 2. The van der Waals surface area contributed by atoms with E-state index in [1.165, 1.54) is 23.4 Å². The molecule has 1 saturated carbocycles. The number of para-hydroxylation sites is 1. The first-order valence-corrected chi connectivity index (χ1v) is 10.3. The molecular formula is C22H29N3O2. The first kappa shape index (κ1) is 18.1. The number of hydrogen-bond donors (Lipinski definition) is 2. The average molecular weight is 367 g/mol. The highest BCUT2D eigenvalue weighted by Crippen LogP contribution is 2.34. The Labute approximate surface area is 160 Å². The van der Waals surface area contributed by atoms with E-state index in [-0.39, 0.29) is 17.9 Å². The lowest BCUT2D eigenvalue weighted by Gasteiger charge is -2.36. The molecule has 2 heterocycles. The van der Waals surface area contributed by atoms with Crippen molar-refractivity contribution in [3.63, 3.8) is 0 Å². The van der Waals surface area contributed by atoms with E-state index < -0.39 is 0 Å². The van der Waals surface area contributed by atoms with Crippen molar-refractivity contribution in [2.45, 2.75) is 57.4 Å². The number of hydrogen-bond acceptors (Lipinski definition) is 2. The molecule has 0 bridgehead atoms. The molecule has 2 fully saturated rings. The standard InChI is InChI=1S/C22H29N3O2/c1-15(26)24-21(17-6-2-3-7-17)22(27)25-12-10-16(11-13-25)19-14-23-20-9-5-4-8-18(19)20/h4-5,8-9,14,16-17,21,23H,2-3,6-7,10-13H2,1H3,(H,24,26). The fraction of sp³-hybridized carbons (Fsp3) is 0.545. The zero-order chi connectivity index (χ0) is 18.8. The van der Waals surface area contributed by atoms with E-state index in [1.54, 1.807) is 0 Å². The molecular weight excluding hydrogens is 338 g/mol. The summed E-state index contributed by atoms with van der Waals surface area (Å²) in [7, 11) is 0. The van der Waals surface area contributed by atoms with Crippen LogP contribution in [0.3, 0.4) is 0 Å². The fourth-order valence-electron chi connectivity index (χ4n) is 4.93. The second-order valence-electron chi connectivity index (χ2n) is 8.11. The van der Waals surface area contributed by atoms with E-state index in [9.17, 15) is 9.59 Å². The minimum absolute atomic E-state index is 0.103. The molecule has 1 aromatic heterocycles. The molecule has 27 heavy (non-hydrogen) atoms. The second kappa shape index (κ2) is 7.75. The molecule has 1 saturated heterocycles. The Morgan fingerprint density at radius 1 is 1.11 bits per heavy atom. The summed E-state index contributed by atoms with van der Waals surface area (Å²) in [5.41, 5.74) is 2.55. The van der Waals surface area contributed by atoms with Gasteiger partial charge in [0.2, 0.25) is 11.8 Å². The van der Waals surface area contributed by atoms with Crippen LogP contribution in [0, 0.1) is 5.92 Å². The van der Waals surface area contributed by atoms with Crippen LogP contribution in [0.2, 0.25) is 0 Å². The maximum atomic E-state index is 13.1. The lowest BCUT2D eigenvalue weighted by molar-refractivity contribution is -0.138. The van der Waals surface area contributed by atoms with Crippen LogP contribution in [0.15, 0.2) is 30.5 Å². The SMILES string of the molecule is CC(=O)NC(C(=O)N1CCC(c2c[nH]c3ccccc23)CC1)C1CCCC1. The summed E-state index contributed by atoms with van der Waals surface area (Å²) < 4.78 is 0. The van der Waals surface area contributed by atoms with Gasteiger partial charge in [-0.05, 0) is 49.1 Å². The highest BCUT2D eigenvalue weighted by molar-refractivity contribution is 5.87. The fourth-order valence-corrected chi connectivity index (χ4v) is 4.93. The molecule has 1 aliphatic carbocycles. The summed E-state index contributed by atoms with van der Waals surface area (Å²) in [5, 5.41) is 4.24. The van der Waals surface area contributed by atoms with Gasteiger partial charge in [0.25, 0.3) is 0 Å². The molecule has 5 heteroatoms. The zero-order valence-corrected chi connectivity index (χ0v) is 16.0. The molecule has 1 aromatic carbocycles. The number of carbonyl (C=O) groups is 2. The topological polar surface area (TPSA) is 65.2 Å². The maximum absolute atomic E-state index is 13.1. The lowest BCUT2D eigenvalue weighted by Crippen LogP contribution is -2.53. The van der Waals surface area contributed by atoms with Gasteiger partial charge in [0, 0.05) is 37.1 Å². The summed E-state index contributed by atoms with van der Waals surface area (Å²) in [5.74, 6) is 0.798. The van der Waals surface area contributed by atoms with Gasteiger partial charge in [0.05, 0.1) is 0 Å². The lowest BCUT2D eigenvalue weighted by atomic mass is 9.88. The molecule has 0 spiro atoms. The Morgan fingerprint density at radius 3 is 2.52 bits per heavy atom. The Bertz CT molecular complexity index is 814. The highest BCUT2D eigenvalue weighted by Gasteiger charge is 2.35. The van der Waals surface area contributed by atoms with Crippen LogP contribution in [0.25, 0.3) is 10.9 Å². The Balaban J connectivity index is 1.43. The number of aromatic amines is 1. The van der Waals surface area contributed by atoms with E-state index in [2.05, 4.69) is 40.8 Å². The molecule has 2 N–H and O–H groups in total. The van der Waals surface area contributed by atoms with Crippen molar-refractivity contribution in [2.75, 3.05) is 13.1 Å². The Morgan fingerprint density at radius 2 is 1.81 bits per heavy atom. The van der Waals surface area contributed by atoms with E-state index in [0.717, 1.165) is 51.6 Å². The largest absolute Gasteiger partial charge is 0.361 e. The number of benzene rings is 1. The number of piperidine rings is 1. The van der Waals surface area contributed by atoms with Gasteiger partial charge >= 0.3 is 0 Å². The van der Waals surface area contributed by atoms with Crippen molar-refractivity contribution < 1.29 is 9.59 Å². The van der Waals surface area contributed by atoms with E-state index in [0.29, 0.717) is 11.8 Å². The molecule has 0 radical (unpaired) electrons. The second-order valence-corrected chi connectivity index (χ2v) is 8.11. The molecule has 2 amide bonds. The van der Waals surface area contributed by atoms with Crippen LogP contribution in [-0.4, -0.2) is 40.8 Å². The molecule has 1 aliphatic heterocycles. The average Bonchev–Trinajstić information content (AvgIpc) is 3.35. The third-order valence-corrected chi connectivity index (χ3v) is 6.36. The molecule has 1 atom stereocenters. The first-order chi connectivity index (χ1) is 13.1. The predicted molar refractivity (Wildman–Crippen MR) is 106 cm³/mol. The number of rotatable bonds is 4. The van der Waals surface area contributed by atoms with Crippen molar-refractivity contribution >= 4 is 22.7 Å². The summed E-state index contributed by atoms with van der Waals surface area (Å²) in [4.78, 5) is 30.1. The van der Waals surface area contributed by atoms with Crippen molar-refractivity contribution in [3.8, 4) is 0 Å². The van der Waals surface area contributed by atoms with Gasteiger partial charge in [-0.15, -0.1) is 0 Å². The minimum Gasteiger partial charge on any atom is -0.361 e. The minimum atomic E-state index is -0.338. The van der Waals surface area contributed by atoms with Crippen LogP contribution in [0.1, 0.15) is 56.9 Å². The number of likely N-dealkylation sites (tertiary alicyclic amines) is 1. The van der Waals surface area contributed by atoms with Gasteiger partial charge in [-0.1, -0.05) is 31.0 Å². The third kappa shape index (κ3) is 3.73. The maximum Gasteiger partial charge on any atom is 0.245 e. The summed E-state index contributed by atoms with van der Waals surface area (Å²) in [6.45, 7) is 3.05. The Hall–Kier alpha value is -2.30. The van der Waals surface area contributed by atoms with E-state index in [1.807, 2.05) is 4.90 Å². The van der Waals surface area contributed by atoms with Gasteiger partial charge in [0.1, 0.15) is 6.04 Å². The van der Waals surface area contributed by atoms with E-state index in [4.69, 9.17) is 0 Å². The van der Waals surface area contributed by atoms with Gasteiger partial charge in [-0.3, -0.25) is 9.59 Å². The van der Waals surface area contributed by atoms with Gasteiger partial charge < -0.3 is 15.2 Å². The number of aromatic nitrogens is 1. The summed E-state index contributed by atoms with van der Waals surface area (Å²) in [6, 6.07) is 8.07. The van der Waals surface area contributed by atoms with E-state index >= 15 is 0 Å². The molecule has 4 rings (SSSR count). The van der Waals surface area contributed by atoms with Gasteiger partial charge in [-0.2, -0.15) is 0 Å². The molecule has 1 unspecified atom stereocenters. The number of nitrogens with zero attached hydrogens (tertiary/aromatic N) is 1. The van der Waals surface area contributed by atoms with Gasteiger partial charge in [-0.25, -0.2) is 0 Å². The quantitative estimate of drug-likeness (QED) is 0.868. The number of H-pyrrole nitrogens is 1. The van der Waals surface area contributed by atoms with Crippen molar-refractivity contribution in [1.29, 1.82) is 0 Å². The van der Waals surface area contributed by atoms with Crippen LogP contribution in [-0.2, 0) is 9.59 Å². The monoisotopic (exact) mass is 367 g/mol. The number of carbonyl (C=O) groups excluding carboxylic acids is 2. The zero-order valence-electron chi connectivity index (χ0n) is 16.0. The first-order valence-electron chi connectivity index (χ1n) is 10.3. The molecule has 2 aliphatic rings.